The van der Waals surface area contributed by atoms with E-state index >= 15 is 0 Å². The molecule has 2 N–H and O–H groups in total. The fourth-order valence-corrected chi connectivity index (χ4v) is 5.97. The van der Waals surface area contributed by atoms with Crippen LogP contribution in [-0.2, 0) is 0 Å². The van der Waals surface area contributed by atoms with Crippen molar-refractivity contribution in [3.8, 4) is 28.7 Å². The van der Waals surface area contributed by atoms with E-state index in [9.17, 15) is 5.26 Å². The Morgan fingerprint density at radius 2 is 1.63 bits per heavy atom. The number of benzene rings is 2. The number of rotatable bonds is 5. The highest BCUT2D eigenvalue weighted by molar-refractivity contribution is 6.00. The van der Waals surface area contributed by atoms with E-state index in [4.69, 9.17) is 10.5 Å². The average molecular weight is 508 g/mol. The van der Waals surface area contributed by atoms with Crippen LogP contribution in [0.5, 0.6) is 11.5 Å². The Morgan fingerprint density at radius 1 is 0.921 bits per heavy atom. The first-order valence-corrected chi connectivity index (χ1v) is 13.4. The lowest BCUT2D eigenvalue weighted by molar-refractivity contribution is 0.0828. The first-order chi connectivity index (χ1) is 18.6. The second kappa shape index (κ2) is 10.4. The fourth-order valence-electron chi connectivity index (χ4n) is 5.97. The molecule has 8 heteroatoms. The lowest BCUT2D eigenvalue weighted by Crippen LogP contribution is -2.49. The van der Waals surface area contributed by atoms with Gasteiger partial charge in [0.1, 0.15) is 35.4 Å². The molecule has 0 unspecified atom stereocenters. The molecular formula is C30H33N7O. The highest BCUT2D eigenvalue weighted by Gasteiger charge is 2.30. The molecule has 0 bridgehead atoms. The number of hydrogen-bond donors (Lipinski definition) is 1. The summed E-state index contributed by atoms with van der Waals surface area (Å²) in [5.41, 5.74) is 9.87. The van der Waals surface area contributed by atoms with E-state index in [1.165, 1.54) is 25.9 Å². The van der Waals surface area contributed by atoms with E-state index < -0.39 is 0 Å². The van der Waals surface area contributed by atoms with Crippen molar-refractivity contribution in [2.24, 2.45) is 0 Å². The highest BCUT2D eigenvalue weighted by Crippen LogP contribution is 2.39. The minimum absolute atomic E-state index is 0.398. The summed E-state index contributed by atoms with van der Waals surface area (Å²) in [4.78, 5) is 14.1. The van der Waals surface area contributed by atoms with Gasteiger partial charge in [0.2, 0.25) is 0 Å². The van der Waals surface area contributed by atoms with Gasteiger partial charge < -0.3 is 19.9 Å². The van der Waals surface area contributed by atoms with Gasteiger partial charge in [-0.25, -0.2) is 9.97 Å². The van der Waals surface area contributed by atoms with Crippen molar-refractivity contribution in [2.75, 3.05) is 39.0 Å². The van der Waals surface area contributed by atoms with Crippen LogP contribution in [0.25, 0.3) is 22.2 Å². The summed E-state index contributed by atoms with van der Waals surface area (Å²) in [5.74, 6) is 1.72. The molecule has 2 aliphatic rings. The number of piperazine rings is 1. The van der Waals surface area contributed by atoms with Gasteiger partial charge >= 0.3 is 0 Å². The van der Waals surface area contributed by atoms with Crippen molar-refractivity contribution in [1.82, 2.24) is 24.3 Å². The molecule has 1 aliphatic carbocycles. The quantitative estimate of drug-likeness (QED) is 0.403. The summed E-state index contributed by atoms with van der Waals surface area (Å²) >= 11 is 0. The van der Waals surface area contributed by atoms with Crippen LogP contribution in [0.4, 0.5) is 5.82 Å². The average Bonchev–Trinajstić information content (AvgIpc) is 3.35. The van der Waals surface area contributed by atoms with Crippen molar-refractivity contribution in [3.63, 3.8) is 0 Å². The molecule has 8 nitrogen and oxygen atoms in total. The smallest absolute Gasteiger partial charge is 0.146 e. The lowest BCUT2D eigenvalue weighted by atomic mass is 9.89. The molecule has 0 atom stereocenters. The summed E-state index contributed by atoms with van der Waals surface area (Å²) in [6.45, 7) is 4.68. The molecule has 4 aromatic rings. The van der Waals surface area contributed by atoms with E-state index in [0.29, 0.717) is 35.0 Å². The normalized spacial score (nSPS) is 20.8. The third kappa shape index (κ3) is 4.71. The Hall–Kier alpha value is -3.93. The minimum Gasteiger partial charge on any atom is -0.456 e. The molecular weight excluding hydrogens is 474 g/mol. The number of aromatic nitrogens is 3. The van der Waals surface area contributed by atoms with Crippen molar-refractivity contribution in [1.29, 1.82) is 5.26 Å². The van der Waals surface area contributed by atoms with Gasteiger partial charge in [-0.3, -0.25) is 4.90 Å². The van der Waals surface area contributed by atoms with E-state index in [0.717, 1.165) is 48.1 Å². The minimum atomic E-state index is 0.398. The summed E-state index contributed by atoms with van der Waals surface area (Å²) in [5, 5.41) is 10.3. The third-order valence-electron chi connectivity index (χ3n) is 8.15. The van der Waals surface area contributed by atoms with Gasteiger partial charge in [0.15, 0.2) is 0 Å². The lowest BCUT2D eigenvalue weighted by Gasteiger charge is -2.41. The predicted octanol–water partition coefficient (Wildman–Crippen LogP) is 5.08. The molecule has 1 saturated heterocycles. The summed E-state index contributed by atoms with van der Waals surface area (Å²) in [6, 6.07) is 18.4. The van der Waals surface area contributed by atoms with Crippen LogP contribution in [0, 0.1) is 11.3 Å². The molecule has 3 heterocycles. The molecule has 2 fully saturated rings. The van der Waals surface area contributed by atoms with Crippen molar-refractivity contribution < 1.29 is 4.74 Å². The molecule has 2 aromatic heterocycles. The Morgan fingerprint density at radius 3 is 2.37 bits per heavy atom. The number of nitrogens with two attached hydrogens (primary N) is 1. The number of likely N-dealkylation sites (N-methyl/N-ethyl adjacent to an activating group) is 1. The van der Waals surface area contributed by atoms with Crippen molar-refractivity contribution in [2.45, 2.75) is 37.8 Å². The number of anilines is 1. The molecule has 2 aromatic carbocycles. The zero-order valence-electron chi connectivity index (χ0n) is 21.8. The SMILES string of the molecule is CN1CCN([C@H]2CC[C@H](n3cc(-c4ccc(Oc5ccccc5C#N)cc4)c4c(N)ncnc43)CC2)CC1. The van der Waals surface area contributed by atoms with Crippen LogP contribution in [-0.4, -0.2) is 63.6 Å². The van der Waals surface area contributed by atoms with Gasteiger partial charge in [-0.1, -0.05) is 24.3 Å². The van der Waals surface area contributed by atoms with Crippen LogP contribution in [0.1, 0.15) is 37.3 Å². The number of nitrogen functional groups attached to an aromatic ring is 1. The molecule has 38 heavy (non-hydrogen) atoms. The number of ether oxygens (including phenoxy) is 1. The topological polar surface area (TPSA) is 96.2 Å². The second-order valence-electron chi connectivity index (χ2n) is 10.4. The van der Waals surface area contributed by atoms with E-state index in [1.54, 1.807) is 18.5 Å². The molecule has 0 radical (unpaired) electrons. The molecule has 6 rings (SSSR count). The Balaban J connectivity index is 1.24. The first kappa shape index (κ1) is 24.4. The van der Waals surface area contributed by atoms with Gasteiger partial charge in [-0.05, 0) is 62.6 Å². The van der Waals surface area contributed by atoms with Crippen LogP contribution < -0.4 is 10.5 Å². The maximum atomic E-state index is 9.36. The van der Waals surface area contributed by atoms with E-state index in [2.05, 4.69) is 43.6 Å². The predicted molar refractivity (Wildman–Crippen MR) is 149 cm³/mol. The maximum absolute atomic E-state index is 9.36. The molecule has 1 aliphatic heterocycles. The molecule has 194 valence electrons. The standard InChI is InChI=1S/C30H33N7O/c1-35-14-16-36(17-15-35)23-8-10-24(11-9-23)37-19-26(28-29(32)33-20-34-30(28)37)21-6-12-25(13-7-21)38-27-5-3-2-4-22(27)18-31/h2-7,12-13,19-20,23-24H,8-11,14-17H2,1H3,(H2,32,33,34)/t23-,24-. The first-order valence-electron chi connectivity index (χ1n) is 13.4. The molecule has 0 amide bonds. The third-order valence-corrected chi connectivity index (χ3v) is 8.15. The van der Waals surface area contributed by atoms with Crippen LogP contribution >= 0.6 is 0 Å². The summed E-state index contributed by atoms with van der Waals surface area (Å²) in [6.07, 6.45) is 8.46. The number of fused-ring (bicyclic) bond motifs is 1. The van der Waals surface area contributed by atoms with Crippen molar-refractivity contribution in [3.05, 3.63) is 66.6 Å². The number of nitrogens with zero attached hydrogens (tertiary/aromatic N) is 6. The Bertz CT molecular complexity index is 1460. The maximum Gasteiger partial charge on any atom is 0.146 e. The Labute approximate surface area is 223 Å². The summed E-state index contributed by atoms with van der Waals surface area (Å²) in [7, 11) is 2.21. The molecule has 1 saturated carbocycles. The van der Waals surface area contributed by atoms with Crippen LogP contribution in [0.2, 0.25) is 0 Å². The molecule has 0 spiro atoms. The fraction of sp³-hybridized carbons (Fsp3) is 0.367. The number of para-hydroxylation sites is 1. The highest BCUT2D eigenvalue weighted by atomic mass is 16.5. The Kier molecular flexibility index (Phi) is 6.71. The van der Waals surface area contributed by atoms with Gasteiger partial charge in [0.05, 0.1) is 10.9 Å². The number of nitriles is 1. The second-order valence-corrected chi connectivity index (χ2v) is 10.4. The summed E-state index contributed by atoms with van der Waals surface area (Å²) < 4.78 is 8.31. The largest absolute Gasteiger partial charge is 0.456 e. The zero-order valence-corrected chi connectivity index (χ0v) is 21.8. The van der Waals surface area contributed by atoms with Gasteiger partial charge in [-0.15, -0.1) is 0 Å². The van der Waals surface area contributed by atoms with E-state index in [1.807, 2.05) is 36.4 Å². The van der Waals surface area contributed by atoms with Gasteiger partial charge in [-0.2, -0.15) is 5.26 Å². The van der Waals surface area contributed by atoms with Crippen LogP contribution in [0.15, 0.2) is 61.1 Å². The van der Waals surface area contributed by atoms with Gasteiger partial charge in [0, 0.05) is 50.0 Å². The van der Waals surface area contributed by atoms with E-state index in [-0.39, 0.29) is 0 Å². The van der Waals surface area contributed by atoms with Crippen LogP contribution in [0.3, 0.4) is 0 Å². The number of hydrogen-bond acceptors (Lipinski definition) is 7. The monoisotopic (exact) mass is 507 g/mol. The van der Waals surface area contributed by atoms with Crippen molar-refractivity contribution >= 4 is 16.9 Å². The zero-order chi connectivity index (χ0) is 26.1. The van der Waals surface area contributed by atoms with Gasteiger partial charge in [0.25, 0.3) is 0 Å².